The van der Waals surface area contributed by atoms with Crippen LogP contribution in [0.5, 0.6) is 0 Å². The number of carbonyl (C=O) groups excluding carboxylic acids is 2. The number of nitro benzene ring substituents is 1. The van der Waals surface area contributed by atoms with Gasteiger partial charge in [-0.15, -0.1) is 0 Å². The minimum absolute atomic E-state index is 0.0685. The van der Waals surface area contributed by atoms with E-state index in [2.05, 4.69) is 0 Å². The predicted octanol–water partition coefficient (Wildman–Crippen LogP) is 1.88. The number of rotatable bonds is 8. The van der Waals surface area contributed by atoms with E-state index >= 15 is 0 Å². The molecule has 0 aliphatic rings. The van der Waals surface area contributed by atoms with Crippen molar-refractivity contribution in [3.05, 3.63) is 69.8 Å². The van der Waals surface area contributed by atoms with Crippen LogP contribution in [0, 0.1) is 10.1 Å². The van der Waals surface area contributed by atoms with Gasteiger partial charge < -0.3 is 0 Å². The van der Waals surface area contributed by atoms with E-state index in [9.17, 15) is 28.1 Å². The first-order valence-electron chi connectivity index (χ1n) is 8.38. The number of sulfonamides is 1. The maximum Gasteiger partial charge on any atom is 0.273 e. The number of amides is 1. The Morgan fingerprint density at radius 1 is 1.17 bits per heavy atom. The summed E-state index contributed by atoms with van der Waals surface area (Å²) in [6.45, 7) is 2.09. The van der Waals surface area contributed by atoms with Gasteiger partial charge in [0.2, 0.25) is 10.0 Å². The van der Waals surface area contributed by atoms with Crippen LogP contribution in [-0.4, -0.2) is 40.6 Å². The molecule has 2 aromatic carbocycles. The third-order valence-electron chi connectivity index (χ3n) is 4.30. The van der Waals surface area contributed by atoms with Crippen molar-refractivity contribution in [2.45, 2.75) is 31.3 Å². The van der Waals surface area contributed by atoms with E-state index in [1.165, 1.54) is 67.9 Å². The Hall–Kier alpha value is -3.15. The fourth-order valence-electron chi connectivity index (χ4n) is 2.64. The monoisotopic (exact) mass is 421 g/mol. The second-order valence-corrected chi connectivity index (χ2v) is 8.06. The first-order chi connectivity index (χ1) is 13.6. The quantitative estimate of drug-likeness (QED) is 0.286. The van der Waals surface area contributed by atoms with Crippen LogP contribution in [0.2, 0.25) is 0 Å². The normalized spacial score (nSPS) is 12.4. The summed E-state index contributed by atoms with van der Waals surface area (Å²) in [5.74, 6) is -1.26. The van der Waals surface area contributed by atoms with Crippen molar-refractivity contribution in [2.75, 3.05) is 0 Å². The molecule has 0 saturated carbocycles. The lowest BCUT2D eigenvalue weighted by Gasteiger charge is -2.27. The number of carbonyl (C=O) groups is 2. The molecule has 1 amide bonds. The number of nitrogens with zero attached hydrogens (tertiary/aromatic N) is 2. The van der Waals surface area contributed by atoms with E-state index < -0.39 is 33.4 Å². The van der Waals surface area contributed by atoms with Crippen molar-refractivity contribution < 1.29 is 28.1 Å². The van der Waals surface area contributed by atoms with E-state index in [1.807, 2.05) is 0 Å². The van der Waals surface area contributed by atoms with Crippen molar-refractivity contribution in [1.29, 1.82) is 0 Å². The fourth-order valence-corrected chi connectivity index (χ4v) is 4.21. The summed E-state index contributed by atoms with van der Waals surface area (Å²) in [6, 6.07) is 9.24. The third-order valence-corrected chi connectivity index (χ3v) is 6.23. The summed E-state index contributed by atoms with van der Waals surface area (Å²) in [5.41, 5.74) is 1.45. The van der Waals surface area contributed by atoms with Crippen molar-refractivity contribution in [2.24, 2.45) is 0 Å². The molecule has 0 fully saturated rings. The van der Waals surface area contributed by atoms with Crippen LogP contribution in [0.3, 0.4) is 0 Å². The molecule has 2 rings (SSSR count). The van der Waals surface area contributed by atoms with E-state index in [4.69, 9.17) is 5.21 Å². The molecule has 0 radical (unpaired) electrons. The number of nitro groups is 1. The molecule has 2 N–H and O–H groups in total. The molecule has 0 spiro atoms. The molecule has 0 saturated heterocycles. The number of Topliss-reactive ketones (excluding diaryl/α,β-unsaturated/α-hetero) is 1. The summed E-state index contributed by atoms with van der Waals surface area (Å²) in [7, 11) is -4.31. The number of benzene rings is 2. The zero-order valence-corrected chi connectivity index (χ0v) is 16.4. The summed E-state index contributed by atoms with van der Waals surface area (Å²) in [5, 5.41) is 20.2. The molecular formula is C18H19N3O7S. The van der Waals surface area contributed by atoms with Crippen molar-refractivity contribution in [1.82, 2.24) is 9.79 Å². The van der Waals surface area contributed by atoms with E-state index in [1.54, 1.807) is 0 Å². The Bertz CT molecular complexity index is 1040. The van der Waals surface area contributed by atoms with Crippen LogP contribution in [0.25, 0.3) is 0 Å². The third kappa shape index (κ3) is 4.83. The van der Waals surface area contributed by atoms with Gasteiger partial charge in [-0.1, -0.05) is 30.3 Å². The van der Waals surface area contributed by atoms with E-state index in [-0.39, 0.29) is 21.9 Å². The van der Waals surface area contributed by atoms with Crippen LogP contribution < -0.4 is 5.48 Å². The van der Waals surface area contributed by atoms with Crippen LogP contribution in [0.1, 0.15) is 29.8 Å². The Morgan fingerprint density at radius 3 is 2.28 bits per heavy atom. The predicted molar refractivity (Wildman–Crippen MR) is 102 cm³/mol. The SMILES string of the molecule is CC(=O)c1ccc(S(=O)(=O)N(Cc2ccccc2[N+](=O)[O-])[C@@H](C)C(=O)NO)cc1. The molecule has 0 heterocycles. The molecule has 2 aromatic rings. The minimum atomic E-state index is -4.31. The average molecular weight is 421 g/mol. The number of ketones is 1. The maximum atomic E-state index is 13.2. The second-order valence-electron chi connectivity index (χ2n) is 6.17. The fraction of sp³-hybridized carbons (Fsp3) is 0.222. The summed E-state index contributed by atoms with van der Waals surface area (Å²) < 4.78 is 27.1. The van der Waals surface area contributed by atoms with Crippen molar-refractivity contribution in [3.8, 4) is 0 Å². The summed E-state index contributed by atoms with van der Waals surface area (Å²) in [4.78, 5) is 33.8. The lowest BCUT2D eigenvalue weighted by molar-refractivity contribution is -0.385. The zero-order valence-electron chi connectivity index (χ0n) is 15.6. The largest absolute Gasteiger partial charge is 0.295 e. The number of para-hydroxylation sites is 1. The summed E-state index contributed by atoms with van der Waals surface area (Å²) >= 11 is 0. The molecular weight excluding hydrogens is 402 g/mol. The van der Waals surface area contributed by atoms with Gasteiger partial charge in [-0.05, 0) is 26.0 Å². The van der Waals surface area contributed by atoms with Crippen molar-refractivity contribution >= 4 is 27.4 Å². The smallest absolute Gasteiger partial charge is 0.273 e. The molecule has 154 valence electrons. The maximum absolute atomic E-state index is 13.2. The van der Waals surface area contributed by atoms with E-state index in [0.717, 1.165) is 4.31 Å². The molecule has 0 bridgehead atoms. The highest BCUT2D eigenvalue weighted by Crippen LogP contribution is 2.26. The first-order valence-corrected chi connectivity index (χ1v) is 9.82. The van der Waals surface area contributed by atoms with Gasteiger partial charge in [0.1, 0.15) is 6.04 Å². The second kappa shape index (κ2) is 8.90. The van der Waals surface area contributed by atoms with Gasteiger partial charge in [0.25, 0.3) is 11.6 Å². The molecule has 0 aliphatic carbocycles. The molecule has 1 atom stereocenters. The highest BCUT2D eigenvalue weighted by atomic mass is 32.2. The van der Waals surface area contributed by atoms with Gasteiger partial charge >= 0.3 is 0 Å². The van der Waals surface area contributed by atoms with Crippen LogP contribution >= 0.6 is 0 Å². The lowest BCUT2D eigenvalue weighted by Crippen LogP contribution is -2.46. The standard InChI is InChI=1S/C18H19N3O7S/c1-12(18(23)19-24)20(11-15-5-3-4-6-17(15)21(25)26)29(27,28)16-9-7-14(8-10-16)13(2)22/h3-10,12,24H,11H2,1-2H3,(H,19,23)/t12-/m0/s1. The molecule has 29 heavy (non-hydrogen) atoms. The Balaban J connectivity index is 2.54. The van der Waals surface area contributed by atoms with Gasteiger partial charge in [0, 0.05) is 23.7 Å². The van der Waals surface area contributed by atoms with E-state index in [0.29, 0.717) is 5.56 Å². The lowest BCUT2D eigenvalue weighted by atomic mass is 10.1. The first kappa shape index (κ1) is 22.1. The number of hydrogen-bond acceptors (Lipinski definition) is 7. The van der Waals surface area contributed by atoms with Gasteiger partial charge in [-0.3, -0.25) is 24.9 Å². The molecule has 0 aromatic heterocycles. The minimum Gasteiger partial charge on any atom is -0.295 e. The molecule has 0 aliphatic heterocycles. The molecule has 10 nitrogen and oxygen atoms in total. The van der Waals surface area contributed by atoms with Gasteiger partial charge in [0.05, 0.1) is 9.82 Å². The molecule has 11 heteroatoms. The van der Waals surface area contributed by atoms with Gasteiger partial charge in [-0.2, -0.15) is 4.31 Å². The number of nitrogens with one attached hydrogen (secondary N) is 1. The van der Waals surface area contributed by atoms with Crippen LogP contribution in [-0.2, 0) is 21.4 Å². The molecule has 0 unspecified atom stereocenters. The Morgan fingerprint density at radius 2 is 1.76 bits per heavy atom. The van der Waals surface area contributed by atoms with Crippen LogP contribution in [0.4, 0.5) is 5.69 Å². The number of hydrogen-bond donors (Lipinski definition) is 2. The highest BCUT2D eigenvalue weighted by Gasteiger charge is 2.34. The Labute approximate surface area is 166 Å². The topological polar surface area (TPSA) is 147 Å². The average Bonchev–Trinajstić information content (AvgIpc) is 2.70. The summed E-state index contributed by atoms with van der Waals surface area (Å²) in [6.07, 6.45) is 0. The van der Waals surface area contributed by atoms with Crippen molar-refractivity contribution in [3.63, 3.8) is 0 Å². The van der Waals surface area contributed by atoms with Crippen LogP contribution in [0.15, 0.2) is 53.4 Å². The number of hydroxylamine groups is 1. The van der Waals surface area contributed by atoms with Gasteiger partial charge in [-0.25, -0.2) is 13.9 Å². The Kier molecular flexibility index (Phi) is 6.80. The zero-order chi connectivity index (χ0) is 21.8. The van der Waals surface area contributed by atoms with Gasteiger partial charge in [0.15, 0.2) is 5.78 Å². The highest BCUT2D eigenvalue weighted by molar-refractivity contribution is 7.89.